The van der Waals surface area contributed by atoms with E-state index in [1.165, 1.54) is 0 Å². The molecule has 0 radical (unpaired) electrons. The second kappa shape index (κ2) is 4.97. The van der Waals surface area contributed by atoms with Crippen LogP contribution in [0.1, 0.15) is 22.3 Å². The number of nitrogens with zero attached hydrogens (tertiary/aromatic N) is 1. The minimum atomic E-state index is -0.295. The van der Waals surface area contributed by atoms with Gasteiger partial charge in [0.15, 0.2) is 0 Å². The van der Waals surface area contributed by atoms with Gasteiger partial charge >= 0.3 is 5.97 Å². The van der Waals surface area contributed by atoms with Crippen molar-refractivity contribution >= 4 is 33.9 Å². The highest BCUT2D eigenvalue weighted by Crippen LogP contribution is 2.31. The normalized spacial score (nSPS) is 19.6. The summed E-state index contributed by atoms with van der Waals surface area (Å²) in [6, 6.07) is 7.38. The molecule has 0 saturated heterocycles. The van der Waals surface area contributed by atoms with Crippen LogP contribution in [0.15, 0.2) is 57.7 Å². The minimum absolute atomic E-state index is 0.295. The van der Waals surface area contributed by atoms with E-state index in [1.807, 2.05) is 30.4 Å². The summed E-state index contributed by atoms with van der Waals surface area (Å²) in [7, 11) is 0. The Morgan fingerprint density at radius 2 is 2.05 bits per heavy atom. The molecule has 19 heavy (non-hydrogen) atoms. The number of halogens is 1. The molecule has 0 fully saturated rings. The Labute approximate surface area is 119 Å². The molecular weight excluding hydrogens is 306 g/mol. The molecule has 1 aromatic rings. The number of carbonyl (C=O) groups is 1. The van der Waals surface area contributed by atoms with Crippen molar-refractivity contribution in [1.29, 1.82) is 0 Å². The third-order valence-electron chi connectivity index (χ3n) is 2.90. The Morgan fingerprint density at radius 1 is 1.26 bits per heavy atom. The Kier molecular flexibility index (Phi) is 3.17. The zero-order chi connectivity index (χ0) is 13.2. The molecule has 0 N–H and O–H groups in total. The molecule has 4 heteroatoms. The van der Waals surface area contributed by atoms with Crippen LogP contribution in [-0.4, -0.2) is 12.2 Å². The lowest BCUT2D eigenvalue weighted by molar-refractivity contribution is 0.0716. The van der Waals surface area contributed by atoms with Gasteiger partial charge < -0.3 is 4.74 Å². The fraction of sp³-hybridized carbons (Fsp3) is 0.0667. The molecule has 2 aliphatic heterocycles. The highest BCUT2D eigenvalue weighted by molar-refractivity contribution is 9.12. The van der Waals surface area contributed by atoms with Crippen LogP contribution in [0, 0.1) is 0 Å². The Morgan fingerprint density at radius 3 is 2.89 bits per heavy atom. The largest absolute Gasteiger partial charge is 0.422 e. The number of benzene rings is 1. The fourth-order valence-corrected chi connectivity index (χ4v) is 2.26. The zero-order valence-electron chi connectivity index (χ0n) is 9.97. The molecule has 3 nitrogen and oxygen atoms in total. The highest BCUT2D eigenvalue weighted by atomic mass is 79.9. The number of rotatable bonds is 1. The molecule has 0 atom stereocenters. The van der Waals surface area contributed by atoms with Gasteiger partial charge in [-0.15, -0.1) is 0 Å². The van der Waals surface area contributed by atoms with E-state index in [0.29, 0.717) is 11.3 Å². The van der Waals surface area contributed by atoms with Gasteiger partial charge in [-0.3, -0.25) is 4.99 Å². The molecular formula is C15H10BrNO2. The first-order valence-electron chi connectivity index (χ1n) is 5.85. The number of carbonyl (C=O) groups excluding carboxylic acids is 1. The maximum Gasteiger partial charge on any atom is 0.344 e. The summed E-state index contributed by atoms with van der Waals surface area (Å²) >= 11 is 3.39. The van der Waals surface area contributed by atoms with E-state index in [0.717, 1.165) is 22.0 Å². The Balaban J connectivity index is 1.97. The van der Waals surface area contributed by atoms with Gasteiger partial charge in [0.25, 0.3) is 0 Å². The highest BCUT2D eigenvalue weighted by Gasteiger charge is 2.25. The molecule has 0 bridgehead atoms. The Hall–Kier alpha value is -1.94. The van der Waals surface area contributed by atoms with Crippen LogP contribution < -0.4 is 0 Å². The number of aliphatic imine (C=N–C) groups is 1. The fourth-order valence-electron chi connectivity index (χ4n) is 1.98. The molecule has 0 aliphatic carbocycles. The standard InChI is InChI=1S/C15H10BrNO2/c16-11-6-5-10(8-17-9-11)7-14-12-3-1-2-4-13(12)15(18)19-14/h1-4,6-9H,5H2/b14-7-. The van der Waals surface area contributed by atoms with E-state index >= 15 is 0 Å². The molecule has 0 saturated carbocycles. The number of esters is 1. The summed E-state index contributed by atoms with van der Waals surface area (Å²) in [6.07, 6.45) is 8.13. The number of fused-ring (bicyclic) bond motifs is 1. The van der Waals surface area contributed by atoms with Crippen molar-refractivity contribution in [3.8, 4) is 0 Å². The molecule has 0 aromatic heterocycles. The quantitative estimate of drug-likeness (QED) is 0.739. The molecule has 0 unspecified atom stereocenters. The average molecular weight is 316 g/mol. The summed E-state index contributed by atoms with van der Waals surface area (Å²) in [6.45, 7) is 0. The zero-order valence-corrected chi connectivity index (χ0v) is 11.6. The third-order valence-corrected chi connectivity index (χ3v) is 3.43. The third kappa shape index (κ3) is 2.44. The van der Waals surface area contributed by atoms with Crippen LogP contribution in [0.5, 0.6) is 0 Å². The van der Waals surface area contributed by atoms with Gasteiger partial charge in [0.2, 0.25) is 0 Å². The molecule has 2 heterocycles. The average Bonchev–Trinajstić information content (AvgIpc) is 2.58. The van der Waals surface area contributed by atoms with Crippen LogP contribution >= 0.6 is 15.9 Å². The van der Waals surface area contributed by atoms with Crippen molar-refractivity contribution in [3.05, 3.63) is 63.8 Å². The van der Waals surface area contributed by atoms with Gasteiger partial charge in [-0.05, 0) is 40.1 Å². The first kappa shape index (κ1) is 12.1. The van der Waals surface area contributed by atoms with Crippen molar-refractivity contribution in [2.24, 2.45) is 4.99 Å². The van der Waals surface area contributed by atoms with E-state index in [2.05, 4.69) is 20.9 Å². The number of hydrogen-bond acceptors (Lipinski definition) is 3. The predicted molar refractivity (Wildman–Crippen MR) is 78.0 cm³/mol. The minimum Gasteiger partial charge on any atom is -0.422 e. The number of ether oxygens (including phenoxy) is 1. The van der Waals surface area contributed by atoms with E-state index in [1.54, 1.807) is 18.5 Å². The van der Waals surface area contributed by atoms with Crippen molar-refractivity contribution in [2.75, 3.05) is 0 Å². The summed E-state index contributed by atoms with van der Waals surface area (Å²) in [5.74, 6) is 0.296. The summed E-state index contributed by atoms with van der Waals surface area (Å²) in [5.41, 5.74) is 2.44. The van der Waals surface area contributed by atoms with Crippen LogP contribution in [0.4, 0.5) is 0 Å². The molecule has 1 aromatic carbocycles. The van der Waals surface area contributed by atoms with Crippen LogP contribution in [0.25, 0.3) is 5.76 Å². The molecule has 0 amide bonds. The number of hydrogen-bond donors (Lipinski definition) is 0. The van der Waals surface area contributed by atoms with Gasteiger partial charge in [-0.1, -0.05) is 24.3 Å². The molecule has 3 rings (SSSR count). The first-order chi connectivity index (χ1) is 9.24. The topological polar surface area (TPSA) is 38.7 Å². The summed E-state index contributed by atoms with van der Waals surface area (Å²) in [4.78, 5) is 15.9. The van der Waals surface area contributed by atoms with Crippen LogP contribution in [-0.2, 0) is 4.74 Å². The number of allylic oxidation sites excluding steroid dienone is 4. The predicted octanol–water partition coefficient (Wildman–Crippen LogP) is 3.84. The van der Waals surface area contributed by atoms with Gasteiger partial charge in [-0.25, -0.2) is 4.79 Å². The van der Waals surface area contributed by atoms with E-state index < -0.39 is 0 Å². The maximum atomic E-state index is 11.7. The summed E-state index contributed by atoms with van der Waals surface area (Å²) < 4.78 is 6.24. The van der Waals surface area contributed by atoms with Crippen molar-refractivity contribution in [1.82, 2.24) is 0 Å². The second-order valence-electron chi connectivity index (χ2n) is 4.22. The smallest absolute Gasteiger partial charge is 0.344 e. The Bertz CT molecular complexity index is 666. The van der Waals surface area contributed by atoms with Gasteiger partial charge in [0.05, 0.1) is 5.56 Å². The van der Waals surface area contributed by atoms with Gasteiger partial charge in [-0.2, -0.15) is 0 Å². The second-order valence-corrected chi connectivity index (χ2v) is 5.13. The SMILES string of the molecule is O=C1O/C(=C\C2=CN=CC(Br)=CC2)c2ccccc21. The van der Waals surface area contributed by atoms with E-state index in [-0.39, 0.29) is 5.97 Å². The van der Waals surface area contributed by atoms with E-state index in [4.69, 9.17) is 4.74 Å². The van der Waals surface area contributed by atoms with Crippen LogP contribution in [0.3, 0.4) is 0 Å². The van der Waals surface area contributed by atoms with Crippen molar-refractivity contribution < 1.29 is 9.53 Å². The lowest BCUT2D eigenvalue weighted by Crippen LogP contribution is -1.92. The first-order valence-corrected chi connectivity index (χ1v) is 6.64. The molecule has 2 aliphatic rings. The molecule has 0 spiro atoms. The lowest BCUT2D eigenvalue weighted by atomic mass is 10.1. The maximum absolute atomic E-state index is 11.7. The van der Waals surface area contributed by atoms with E-state index in [9.17, 15) is 4.79 Å². The van der Waals surface area contributed by atoms with Crippen molar-refractivity contribution in [3.63, 3.8) is 0 Å². The monoisotopic (exact) mass is 315 g/mol. The summed E-state index contributed by atoms with van der Waals surface area (Å²) in [5, 5.41) is 0. The van der Waals surface area contributed by atoms with Crippen molar-refractivity contribution in [2.45, 2.75) is 6.42 Å². The molecule has 94 valence electrons. The lowest BCUT2D eigenvalue weighted by Gasteiger charge is -2.00. The number of cyclic esters (lactones) is 1. The van der Waals surface area contributed by atoms with Gasteiger partial charge in [0, 0.05) is 22.5 Å². The van der Waals surface area contributed by atoms with Crippen LogP contribution in [0.2, 0.25) is 0 Å². The van der Waals surface area contributed by atoms with Gasteiger partial charge in [0.1, 0.15) is 5.76 Å².